The number of hydrogen-bond donors (Lipinski definition) is 0. The molecule has 2 nitrogen and oxygen atoms in total. The van der Waals surface area contributed by atoms with Crippen molar-refractivity contribution < 1.29 is 9.16 Å². The first kappa shape index (κ1) is 10.9. The van der Waals surface area contributed by atoms with Gasteiger partial charge in [-0.3, -0.25) is 0 Å². The predicted molar refractivity (Wildman–Crippen MR) is 48.6 cm³/mol. The maximum absolute atomic E-state index is 5.52. The van der Waals surface area contributed by atoms with Crippen molar-refractivity contribution in [3.8, 4) is 0 Å². The molecule has 0 saturated carbocycles. The second-order valence-corrected chi connectivity index (χ2v) is 4.04. The molecule has 65 valence electrons. The van der Waals surface area contributed by atoms with E-state index in [1.165, 1.54) is 0 Å². The highest BCUT2D eigenvalue weighted by molar-refractivity contribution is 6.56. The third-order valence-electron chi connectivity index (χ3n) is 1.15. The molecule has 0 aliphatic heterocycles. The van der Waals surface area contributed by atoms with Crippen LogP contribution in [0.2, 0.25) is 6.55 Å². The Kier molecular flexibility index (Phi) is 6.50. The predicted octanol–water partition coefficient (Wildman–Crippen LogP) is 2.12. The van der Waals surface area contributed by atoms with Gasteiger partial charge < -0.3 is 9.16 Å². The number of ether oxygens (including phenoxy) is 1. The van der Waals surface area contributed by atoms with Crippen molar-refractivity contribution in [3.63, 3.8) is 0 Å². The van der Waals surface area contributed by atoms with E-state index in [2.05, 4.69) is 12.2 Å². The molecule has 0 saturated heterocycles. The summed E-state index contributed by atoms with van der Waals surface area (Å²) >= 11 is 0. The average Bonchev–Trinajstić information content (AvgIpc) is 1.87. The van der Waals surface area contributed by atoms with Crippen LogP contribution < -0.4 is 0 Å². The van der Waals surface area contributed by atoms with E-state index in [1.54, 1.807) is 0 Å². The first-order valence-electron chi connectivity index (χ1n) is 3.95. The van der Waals surface area contributed by atoms with E-state index in [1.807, 2.05) is 26.8 Å². The molecule has 0 aromatic heterocycles. The van der Waals surface area contributed by atoms with Gasteiger partial charge in [0.25, 0.3) is 0 Å². The minimum atomic E-state index is -0.767. The van der Waals surface area contributed by atoms with Gasteiger partial charge in [-0.1, -0.05) is 11.8 Å². The van der Waals surface area contributed by atoms with Crippen molar-refractivity contribution in [3.05, 3.63) is 11.8 Å². The lowest BCUT2D eigenvalue weighted by molar-refractivity contribution is -0.0624. The van der Waals surface area contributed by atoms with E-state index in [-0.39, 0.29) is 6.29 Å². The van der Waals surface area contributed by atoms with Gasteiger partial charge in [-0.25, -0.2) is 0 Å². The quantitative estimate of drug-likeness (QED) is 0.468. The average molecular weight is 173 g/mol. The molecule has 0 amide bonds. The maximum Gasteiger partial charge on any atom is 0.239 e. The Morgan fingerprint density at radius 3 is 2.64 bits per heavy atom. The molecule has 1 radical (unpaired) electrons. The molecule has 0 aromatic rings. The van der Waals surface area contributed by atoms with Gasteiger partial charge in [0, 0.05) is 6.61 Å². The minimum absolute atomic E-state index is 0.0601. The first-order chi connectivity index (χ1) is 5.20. The van der Waals surface area contributed by atoms with Gasteiger partial charge in [-0.2, -0.15) is 0 Å². The molecule has 0 bridgehead atoms. The van der Waals surface area contributed by atoms with E-state index in [4.69, 9.17) is 9.16 Å². The Hall–Kier alpha value is -0.123. The van der Waals surface area contributed by atoms with Crippen LogP contribution in [0.25, 0.3) is 0 Å². The summed E-state index contributed by atoms with van der Waals surface area (Å²) in [5, 5.41) is 0. The van der Waals surface area contributed by atoms with Gasteiger partial charge >= 0.3 is 0 Å². The summed E-state index contributed by atoms with van der Waals surface area (Å²) < 4.78 is 10.8. The summed E-state index contributed by atoms with van der Waals surface area (Å²) in [5.74, 6) is 0. The SMILES string of the molecule is C/C=C/[Si](C)OC(C)OCC. The molecule has 3 heteroatoms. The van der Waals surface area contributed by atoms with E-state index in [0.29, 0.717) is 6.61 Å². The molecule has 1 atom stereocenters. The van der Waals surface area contributed by atoms with E-state index >= 15 is 0 Å². The topological polar surface area (TPSA) is 18.5 Å². The molecular formula is C8H17O2Si. The summed E-state index contributed by atoms with van der Waals surface area (Å²) in [6.07, 6.45) is 1.96. The number of rotatable bonds is 5. The monoisotopic (exact) mass is 173 g/mol. The lowest BCUT2D eigenvalue weighted by Crippen LogP contribution is -2.21. The zero-order valence-corrected chi connectivity index (χ0v) is 8.76. The van der Waals surface area contributed by atoms with Crippen LogP contribution in [0, 0.1) is 0 Å². The van der Waals surface area contributed by atoms with Crippen molar-refractivity contribution in [2.45, 2.75) is 33.6 Å². The Bertz CT molecular complexity index is 115. The summed E-state index contributed by atoms with van der Waals surface area (Å²) in [6, 6.07) is 0. The van der Waals surface area contributed by atoms with Crippen molar-refractivity contribution in [2.75, 3.05) is 6.61 Å². The maximum atomic E-state index is 5.52. The third kappa shape index (κ3) is 6.28. The largest absolute Gasteiger partial charge is 0.388 e. The molecule has 0 spiro atoms. The van der Waals surface area contributed by atoms with Gasteiger partial charge in [0.2, 0.25) is 9.04 Å². The fraction of sp³-hybridized carbons (Fsp3) is 0.750. The third-order valence-corrected chi connectivity index (χ3v) is 2.66. The zero-order valence-electron chi connectivity index (χ0n) is 7.76. The van der Waals surface area contributed by atoms with Gasteiger partial charge in [-0.15, -0.1) is 0 Å². The highest BCUT2D eigenvalue weighted by Gasteiger charge is 2.06. The van der Waals surface area contributed by atoms with Crippen LogP contribution >= 0.6 is 0 Å². The van der Waals surface area contributed by atoms with Gasteiger partial charge in [0.15, 0.2) is 0 Å². The Morgan fingerprint density at radius 2 is 2.18 bits per heavy atom. The van der Waals surface area contributed by atoms with Crippen LogP contribution in [0.5, 0.6) is 0 Å². The van der Waals surface area contributed by atoms with Crippen LogP contribution in [0.1, 0.15) is 20.8 Å². The Balaban J connectivity index is 3.48. The molecular weight excluding hydrogens is 156 g/mol. The van der Waals surface area contributed by atoms with Crippen LogP contribution in [-0.4, -0.2) is 21.9 Å². The second kappa shape index (κ2) is 6.58. The van der Waals surface area contributed by atoms with Crippen molar-refractivity contribution in [2.24, 2.45) is 0 Å². The molecule has 0 aromatic carbocycles. The van der Waals surface area contributed by atoms with Gasteiger partial charge in [-0.05, 0) is 27.3 Å². The van der Waals surface area contributed by atoms with Crippen LogP contribution in [0.15, 0.2) is 11.8 Å². The Morgan fingerprint density at radius 1 is 1.55 bits per heavy atom. The van der Waals surface area contributed by atoms with E-state index in [9.17, 15) is 0 Å². The molecule has 11 heavy (non-hydrogen) atoms. The molecule has 0 heterocycles. The van der Waals surface area contributed by atoms with E-state index < -0.39 is 9.04 Å². The summed E-state index contributed by atoms with van der Waals surface area (Å²) in [5.41, 5.74) is 2.10. The summed E-state index contributed by atoms with van der Waals surface area (Å²) in [7, 11) is -0.767. The molecule has 0 N–H and O–H groups in total. The fourth-order valence-corrected chi connectivity index (χ4v) is 1.94. The van der Waals surface area contributed by atoms with Gasteiger partial charge in [0.1, 0.15) is 6.29 Å². The standard InChI is InChI=1S/C8H17O2Si/c1-5-7-11(4)10-8(3)9-6-2/h5,7-8H,6H2,1-4H3/b7-5+. The summed E-state index contributed by atoms with van der Waals surface area (Å²) in [6.45, 7) is 8.72. The zero-order chi connectivity index (χ0) is 8.69. The lowest BCUT2D eigenvalue weighted by Gasteiger charge is -2.14. The van der Waals surface area contributed by atoms with Crippen molar-refractivity contribution >= 4 is 9.04 Å². The first-order valence-corrected chi connectivity index (χ1v) is 5.93. The smallest absolute Gasteiger partial charge is 0.239 e. The van der Waals surface area contributed by atoms with Crippen LogP contribution in [-0.2, 0) is 9.16 Å². The van der Waals surface area contributed by atoms with Gasteiger partial charge in [0.05, 0.1) is 0 Å². The molecule has 0 fully saturated rings. The normalized spacial score (nSPS) is 14.6. The molecule has 0 rings (SSSR count). The molecule has 0 aliphatic carbocycles. The highest BCUT2D eigenvalue weighted by atomic mass is 28.3. The van der Waals surface area contributed by atoms with Crippen molar-refractivity contribution in [1.29, 1.82) is 0 Å². The number of allylic oxidation sites excluding steroid dienone is 1. The van der Waals surface area contributed by atoms with Crippen molar-refractivity contribution in [1.82, 2.24) is 0 Å². The molecule has 0 aliphatic rings. The Labute approximate surface area is 70.9 Å². The van der Waals surface area contributed by atoms with Crippen LogP contribution in [0.4, 0.5) is 0 Å². The molecule has 1 unspecified atom stereocenters. The van der Waals surface area contributed by atoms with Crippen LogP contribution in [0.3, 0.4) is 0 Å². The minimum Gasteiger partial charge on any atom is -0.388 e. The lowest BCUT2D eigenvalue weighted by atomic mass is 10.7. The fourth-order valence-electron chi connectivity index (χ4n) is 0.805. The van der Waals surface area contributed by atoms with E-state index in [0.717, 1.165) is 0 Å². The highest BCUT2D eigenvalue weighted by Crippen LogP contribution is 1.97. The second-order valence-electron chi connectivity index (χ2n) is 2.25. The number of hydrogen-bond acceptors (Lipinski definition) is 2. The summed E-state index contributed by atoms with van der Waals surface area (Å²) in [4.78, 5) is 0.